The van der Waals surface area contributed by atoms with E-state index in [2.05, 4.69) is 5.32 Å². The molecule has 9 heteroatoms. The molecule has 0 aliphatic carbocycles. The van der Waals surface area contributed by atoms with Gasteiger partial charge in [0.1, 0.15) is 17.6 Å². The minimum absolute atomic E-state index is 0.196. The molecule has 2 aromatic rings. The van der Waals surface area contributed by atoms with Crippen molar-refractivity contribution in [3.63, 3.8) is 0 Å². The minimum atomic E-state index is -4.38. The van der Waals surface area contributed by atoms with Gasteiger partial charge in [-0.25, -0.2) is 4.79 Å². The fraction of sp³-hybridized carbons (Fsp3) is 0.476. The maximum atomic E-state index is 12.7. The lowest BCUT2D eigenvalue weighted by atomic mass is 9.99. The van der Waals surface area contributed by atoms with Gasteiger partial charge in [0.15, 0.2) is 0 Å². The monoisotopic (exact) mass is 426 g/mol. The number of aryl methyl sites for hydroxylation is 1. The van der Waals surface area contributed by atoms with Crippen molar-refractivity contribution in [1.82, 2.24) is 10.2 Å². The number of nitrogens with one attached hydrogen (secondary N) is 1. The Kier molecular flexibility index (Phi) is 7.04. The van der Waals surface area contributed by atoms with Gasteiger partial charge in [0.2, 0.25) is 0 Å². The Morgan fingerprint density at radius 3 is 2.60 bits per heavy atom. The molecule has 0 saturated carbocycles. The number of nitrogens with zero attached hydrogens (tertiary/aromatic N) is 1. The first-order valence-corrected chi connectivity index (χ1v) is 9.74. The zero-order valence-electron chi connectivity index (χ0n) is 16.6. The molecule has 0 spiro atoms. The molecular weight excluding hydrogens is 401 g/mol. The molecule has 3 rings (SSSR count). The Labute approximate surface area is 172 Å². The number of carbonyl (C=O) groups excluding carboxylic acids is 1. The second-order valence-electron chi connectivity index (χ2n) is 7.39. The van der Waals surface area contributed by atoms with Crippen LogP contribution in [0.3, 0.4) is 0 Å². The van der Waals surface area contributed by atoms with E-state index in [9.17, 15) is 23.1 Å². The highest BCUT2D eigenvalue weighted by Gasteiger charge is 2.30. The smallest absolute Gasteiger partial charge is 0.416 e. The lowest BCUT2D eigenvalue weighted by molar-refractivity contribution is -0.137. The molecule has 2 unspecified atom stereocenters. The molecule has 1 aromatic carbocycles. The number of hydrogen-bond donors (Lipinski definition) is 2. The average Bonchev–Trinajstić information content (AvgIpc) is 3.17. The molecule has 1 aromatic heterocycles. The van der Waals surface area contributed by atoms with Crippen LogP contribution in [0.25, 0.3) is 0 Å². The SMILES string of the molecule is Cc1ccc(C2CN(C(=O)NCC(CO)Cc3ccc(C(F)(F)F)cc3)CCO2)o1. The van der Waals surface area contributed by atoms with Crippen LogP contribution in [-0.4, -0.2) is 48.9 Å². The molecule has 0 bridgehead atoms. The fourth-order valence-electron chi connectivity index (χ4n) is 3.34. The lowest BCUT2D eigenvalue weighted by Crippen LogP contribution is -2.48. The van der Waals surface area contributed by atoms with E-state index in [1.807, 2.05) is 19.1 Å². The van der Waals surface area contributed by atoms with Gasteiger partial charge in [-0.2, -0.15) is 13.2 Å². The number of aliphatic hydroxyl groups is 1. The number of morpholine rings is 1. The van der Waals surface area contributed by atoms with Gasteiger partial charge in [-0.05, 0) is 43.2 Å². The summed E-state index contributed by atoms with van der Waals surface area (Å²) in [4.78, 5) is 14.2. The van der Waals surface area contributed by atoms with Gasteiger partial charge in [-0.15, -0.1) is 0 Å². The molecule has 2 heterocycles. The lowest BCUT2D eigenvalue weighted by Gasteiger charge is -2.32. The number of alkyl halides is 3. The molecule has 1 saturated heterocycles. The van der Waals surface area contributed by atoms with Crippen LogP contribution in [0.4, 0.5) is 18.0 Å². The van der Waals surface area contributed by atoms with Crippen molar-refractivity contribution >= 4 is 6.03 Å². The molecule has 6 nitrogen and oxygen atoms in total. The number of halogens is 3. The summed E-state index contributed by atoms with van der Waals surface area (Å²) in [6, 6.07) is 8.21. The van der Waals surface area contributed by atoms with Crippen LogP contribution in [0.1, 0.15) is 28.8 Å². The highest BCUT2D eigenvalue weighted by molar-refractivity contribution is 5.74. The molecule has 30 heavy (non-hydrogen) atoms. The molecule has 1 aliphatic heterocycles. The fourth-order valence-corrected chi connectivity index (χ4v) is 3.34. The van der Waals surface area contributed by atoms with Crippen LogP contribution in [0.2, 0.25) is 0 Å². The summed E-state index contributed by atoms with van der Waals surface area (Å²) < 4.78 is 49.3. The molecule has 2 N–H and O–H groups in total. The maximum Gasteiger partial charge on any atom is 0.416 e. The van der Waals surface area contributed by atoms with Crippen molar-refractivity contribution in [2.45, 2.75) is 25.6 Å². The summed E-state index contributed by atoms with van der Waals surface area (Å²) in [7, 11) is 0. The number of carbonyl (C=O) groups is 1. The largest absolute Gasteiger partial charge is 0.464 e. The number of urea groups is 1. The zero-order chi connectivity index (χ0) is 21.7. The Morgan fingerprint density at radius 1 is 1.27 bits per heavy atom. The van der Waals surface area contributed by atoms with Crippen LogP contribution in [0.5, 0.6) is 0 Å². The number of hydrogen-bond acceptors (Lipinski definition) is 4. The molecule has 2 atom stereocenters. The third-order valence-corrected chi connectivity index (χ3v) is 5.04. The van der Waals surface area contributed by atoms with Gasteiger partial charge in [0, 0.05) is 25.6 Å². The summed E-state index contributed by atoms with van der Waals surface area (Å²) in [6.45, 7) is 3.01. The van der Waals surface area contributed by atoms with Crippen molar-refractivity contribution in [3.8, 4) is 0 Å². The van der Waals surface area contributed by atoms with Crippen molar-refractivity contribution in [3.05, 3.63) is 59.0 Å². The van der Waals surface area contributed by atoms with E-state index in [1.165, 1.54) is 12.1 Å². The first-order valence-electron chi connectivity index (χ1n) is 9.74. The number of amides is 2. The Balaban J connectivity index is 1.51. The second-order valence-corrected chi connectivity index (χ2v) is 7.39. The minimum Gasteiger partial charge on any atom is -0.464 e. The second kappa shape index (κ2) is 9.53. The highest BCUT2D eigenvalue weighted by Crippen LogP contribution is 2.29. The third-order valence-electron chi connectivity index (χ3n) is 5.04. The van der Waals surface area contributed by atoms with Gasteiger partial charge >= 0.3 is 12.2 Å². The topological polar surface area (TPSA) is 74.9 Å². The molecule has 1 fully saturated rings. The van der Waals surface area contributed by atoms with E-state index in [0.29, 0.717) is 37.4 Å². The zero-order valence-corrected chi connectivity index (χ0v) is 16.6. The van der Waals surface area contributed by atoms with Crippen molar-refractivity contribution < 1.29 is 32.2 Å². The van der Waals surface area contributed by atoms with Gasteiger partial charge in [0.05, 0.1) is 18.7 Å². The average molecular weight is 426 g/mol. The summed E-state index contributed by atoms with van der Waals surface area (Å²) in [5.74, 6) is 1.13. The van der Waals surface area contributed by atoms with Crippen molar-refractivity contribution in [2.24, 2.45) is 5.92 Å². The van der Waals surface area contributed by atoms with E-state index in [0.717, 1.165) is 17.9 Å². The quantitative estimate of drug-likeness (QED) is 0.741. The molecule has 2 amide bonds. The first kappa shape index (κ1) is 22.2. The molecule has 0 radical (unpaired) electrons. The standard InChI is InChI=1S/C21H25F3N2O4/c1-14-2-7-18(30-14)19-12-26(8-9-29-19)20(28)25-11-16(13-27)10-15-3-5-17(6-4-15)21(22,23)24/h2-7,16,19,27H,8-13H2,1H3,(H,25,28). The van der Waals surface area contributed by atoms with Crippen molar-refractivity contribution in [1.29, 1.82) is 0 Å². The Hall–Kier alpha value is -2.52. The Bertz CT molecular complexity index is 836. The maximum absolute atomic E-state index is 12.7. The van der Waals surface area contributed by atoms with Gasteiger partial charge in [0.25, 0.3) is 0 Å². The predicted molar refractivity (Wildman–Crippen MR) is 103 cm³/mol. The highest BCUT2D eigenvalue weighted by atomic mass is 19.4. The summed E-state index contributed by atoms with van der Waals surface area (Å²) in [5, 5.41) is 12.4. The van der Waals surface area contributed by atoms with E-state index >= 15 is 0 Å². The van der Waals surface area contributed by atoms with Crippen LogP contribution in [0.15, 0.2) is 40.8 Å². The van der Waals surface area contributed by atoms with Crippen molar-refractivity contribution in [2.75, 3.05) is 32.8 Å². The van der Waals surface area contributed by atoms with Gasteiger partial charge in [-0.3, -0.25) is 0 Å². The molecule has 164 valence electrons. The number of benzene rings is 1. The van der Waals surface area contributed by atoms with E-state index in [4.69, 9.17) is 9.15 Å². The molecule has 1 aliphatic rings. The number of furan rings is 1. The van der Waals surface area contributed by atoms with Crippen LogP contribution in [0, 0.1) is 12.8 Å². The van der Waals surface area contributed by atoms with E-state index in [1.54, 1.807) is 4.90 Å². The van der Waals surface area contributed by atoms with Gasteiger partial charge in [-0.1, -0.05) is 12.1 Å². The van der Waals surface area contributed by atoms with E-state index < -0.39 is 11.7 Å². The predicted octanol–water partition coefficient (Wildman–Crippen LogP) is 3.54. The summed E-state index contributed by atoms with van der Waals surface area (Å²) in [6.07, 6.45) is -4.36. The Morgan fingerprint density at radius 2 is 2.00 bits per heavy atom. The van der Waals surface area contributed by atoms with Crippen LogP contribution >= 0.6 is 0 Å². The third kappa shape index (κ3) is 5.76. The first-order chi connectivity index (χ1) is 14.3. The number of rotatable bonds is 6. The van der Waals surface area contributed by atoms with Gasteiger partial charge < -0.3 is 24.5 Å². The number of aliphatic hydroxyl groups excluding tert-OH is 1. The number of ether oxygens (including phenoxy) is 1. The summed E-state index contributed by atoms with van der Waals surface area (Å²) in [5.41, 5.74) is -0.0513. The molecular formula is C21H25F3N2O4. The summed E-state index contributed by atoms with van der Waals surface area (Å²) >= 11 is 0. The van der Waals surface area contributed by atoms with E-state index in [-0.39, 0.29) is 31.2 Å². The van der Waals surface area contributed by atoms with Crippen LogP contribution in [-0.2, 0) is 17.3 Å². The normalized spacial score (nSPS) is 18.3. The van der Waals surface area contributed by atoms with Crippen LogP contribution < -0.4 is 5.32 Å².